The average Bonchev–Trinajstić information content (AvgIpc) is 2.46. The molecule has 0 spiro atoms. The molecular formula is C8H10ClN3. The average molecular weight is 184 g/mol. The van der Waals surface area contributed by atoms with Crippen molar-refractivity contribution in [2.24, 2.45) is 5.73 Å². The van der Waals surface area contributed by atoms with Crippen LogP contribution in [0.1, 0.15) is 5.69 Å². The first kappa shape index (κ1) is 9.03. The van der Waals surface area contributed by atoms with Crippen LogP contribution in [0.15, 0.2) is 30.5 Å². The summed E-state index contributed by atoms with van der Waals surface area (Å²) in [7, 11) is 0. The summed E-state index contributed by atoms with van der Waals surface area (Å²) in [5.41, 5.74) is 7.46. The summed E-state index contributed by atoms with van der Waals surface area (Å²) in [4.78, 5) is 0. The van der Waals surface area contributed by atoms with Gasteiger partial charge in [-0.25, -0.2) is 4.52 Å². The zero-order chi connectivity index (χ0) is 7.68. The summed E-state index contributed by atoms with van der Waals surface area (Å²) in [5, 5.41) is 4.22. The third-order valence-electron chi connectivity index (χ3n) is 1.63. The predicted molar refractivity (Wildman–Crippen MR) is 50.3 cm³/mol. The lowest BCUT2D eigenvalue weighted by Crippen LogP contribution is -1.96. The van der Waals surface area contributed by atoms with E-state index in [-0.39, 0.29) is 12.4 Å². The van der Waals surface area contributed by atoms with Gasteiger partial charge in [-0.15, -0.1) is 12.4 Å². The minimum absolute atomic E-state index is 0. The lowest BCUT2D eigenvalue weighted by atomic mass is 10.3. The molecule has 2 aromatic rings. The molecule has 0 fully saturated rings. The van der Waals surface area contributed by atoms with E-state index in [1.807, 2.05) is 35.0 Å². The van der Waals surface area contributed by atoms with Crippen molar-refractivity contribution in [3.05, 3.63) is 36.2 Å². The molecule has 64 valence electrons. The highest BCUT2D eigenvalue weighted by Crippen LogP contribution is 2.03. The number of fused-ring (bicyclic) bond motifs is 1. The van der Waals surface area contributed by atoms with Crippen LogP contribution in [0.5, 0.6) is 0 Å². The number of rotatable bonds is 1. The summed E-state index contributed by atoms with van der Waals surface area (Å²) in [5.74, 6) is 0. The van der Waals surface area contributed by atoms with E-state index in [2.05, 4.69) is 5.10 Å². The molecule has 0 saturated carbocycles. The first-order valence-corrected chi connectivity index (χ1v) is 3.53. The monoisotopic (exact) mass is 183 g/mol. The summed E-state index contributed by atoms with van der Waals surface area (Å²) in [6.07, 6.45) is 1.91. The molecule has 3 nitrogen and oxygen atoms in total. The number of hydrogen-bond donors (Lipinski definition) is 1. The number of hydrogen-bond acceptors (Lipinski definition) is 2. The largest absolute Gasteiger partial charge is 0.325 e. The second-order valence-electron chi connectivity index (χ2n) is 2.41. The standard InChI is InChI=1S/C8H9N3.ClH/c9-6-7-5-8-3-1-2-4-11(8)10-7;/h1-5H,6,9H2;1H. The van der Waals surface area contributed by atoms with E-state index in [9.17, 15) is 0 Å². The number of halogens is 1. The highest BCUT2D eigenvalue weighted by Gasteiger charge is 1.96. The van der Waals surface area contributed by atoms with E-state index in [0.717, 1.165) is 11.2 Å². The van der Waals surface area contributed by atoms with Gasteiger partial charge in [0.1, 0.15) is 0 Å². The van der Waals surface area contributed by atoms with Crippen molar-refractivity contribution in [3.63, 3.8) is 0 Å². The van der Waals surface area contributed by atoms with Gasteiger partial charge in [-0.1, -0.05) is 6.07 Å². The summed E-state index contributed by atoms with van der Waals surface area (Å²) in [6.45, 7) is 0.502. The maximum Gasteiger partial charge on any atom is 0.0770 e. The lowest BCUT2D eigenvalue weighted by molar-refractivity contribution is 0.884. The van der Waals surface area contributed by atoms with Crippen LogP contribution in [0.4, 0.5) is 0 Å². The Kier molecular flexibility index (Phi) is 2.68. The van der Waals surface area contributed by atoms with Crippen molar-refractivity contribution < 1.29 is 0 Å². The Bertz CT molecular complexity index is 336. The molecule has 2 N–H and O–H groups in total. The molecule has 12 heavy (non-hydrogen) atoms. The predicted octanol–water partition coefficient (Wildman–Crippen LogP) is 1.21. The Morgan fingerprint density at radius 3 is 2.92 bits per heavy atom. The Hall–Kier alpha value is -1.06. The third kappa shape index (κ3) is 1.42. The van der Waals surface area contributed by atoms with Crippen LogP contribution in [0.25, 0.3) is 5.52 Å². The van der Waals surface area contributed by atoms with Gasteiger partial charge in [-0.2, -0.15) is 5.10 Å². The highest BCUT2D eigenvalue weighted by molar-refractivity contribution is 5.85. The molecule has 0 radical (unpaired) electrons. The fourth-order valence-electron chi connectivity index (χ4n) is 1.09. The SMILES string of the molecule is Cl.NCc1cc2ccccn2n1. The second kappa shape index (κ2) is 3.56. The van der Waals surface area contributed by atoms with E-state index in [0.29, 0.717) is 6.54 Å². The number of pyridine rings is 1. The highest BCUT2D eigenvalue weighted by atomic mass is 35.5. The molecule has 0 aromatic carbocycles. The molecule has 0 saturated heterocycles. The quantitative estimate of drug-likeness (QED) is 0.723. The Balaban J connectivity index is 0.000000720. The minimum atomic E-state index is 0. The molecule has 0 aliphatic heterocycles. The van der Waals surface area contributed by atoms with Crippen molar-refractivity contribution in [1.82, 2.24) is 9.61 Å². The van der Waals surface area contributed by atoms with E-state index in [1.165, 1.54) is 0 Å². The van der Waals surface area contributed by atoms with Crippen molar-refractivity contribution in [1.29, 1.82) is 0 Å². The van der Waals surface area contributed by atoms with Crippen molar-refractivity contribution in [2.45, 2.75) is 6.54 Å². The number of aromatic nitrogens is 2. The van der Waals surface area contributed by atoms with Crippen molar-refractivity contribution >= 4 is 17.9 Å². The van der Waals surface area contributed by atoms with Crippen molar-refractivity contribution in [3.8, 4) is 0 Å². The van der Waals surface area contributed by atoms with E-state index in [1.54, 1.807) is 0 Å². The molecule has 2 aromatic heterocycles. The molecule has 0 aliphatic rings. The van der Waals surface area contributed by atoms with Gasteiger partial charge in [0, 0.05) is 12.7 Å². The smallest absolute Gasteiger partial charge is 0.0770 e. The molecule has 4 heteroatoms. The third-order valence-corrected chi connectivity index (χ3v) is 1.63. The zero-order valence-electron chi connectivity index (χ0n) is 6.47. The van der Waals surface area contributed by atoms with E-state index in [4.69, 9.17) is 5.73 Å². The second-order valence-corrected chi connectivity index (χ2v) is 2.41. The molecule has 0 bridgehead atoms. The summed E-state index contributed by atoms with van der Waals surface area (Å²) >= 11 is 0. The van der Waals surface area contributed by atoms with Gasteiger partial charge in [0.25, 0.3) is 0 Å². The van der Waals surface area contributed by atoms with Crippen LogP contribution in [0, 0.1) is 0 Å². The minimum Gasteiger partial charge on any atom is -0.325 e. The van der Waals surface area contributed by atoms with Crippen LogP contribution >= 0.6 is 12.4 Å². The molecule has 2 rings (SSSR count). The molecular weight excluding hydrogens is 174 g/mol. The van der Waals surface area contributed by atoms with Gasteiger partial charge in [-0.05, 0) is 18.2 Å². The van der Waals surface area contributed by atoms with Crippen molar-refractivity contribution in [2.75, 3.05) is 0 Å². The first-order chi connectivity index (χ1) is 5.40. The van der Waals surface area contributed by atoms with Gasteiger partial charge < -0.3 is 5.73 Å². The lowest BCUT2D eigenvalue weighted by Gasteiger charge is -1.87. The maximum atomic E-state index is 5.44. The van der Waals surface area contributed by atoms with Gasteiger partial charge in [0.2, 0.25) is 0 Å². The Labute approximate surface area is 76.6 Å². The fourth-order valence-corrected chi connectivity index (χ4v) is 1.09. The fraction of sp³-hybridized carbons (Fsp3) is 0.125. The van der Waals surface area contributed by atoms with Crippen LogP contribution in [0.2, 0.25) is 0 Å². The van der Waals surface area contributed by atoms with Crippen LogP contribution in [0.3, 0.4) is 0 Å². The Morgan fingerprint density at radius 1 is 1.42 bits per heavy atom. The van der Waals surface area contributed by atoms with Crippen LogP contribution in [-0.4, -0.2) is 9.61 Å². The summed E-state index contributed by atoms with van der Waals surface area (Å²) in [6, 6.07) is 7.92. The van der Waals surface area contributed by atoms with Gasteiger partial charge in [-0.3, -0.25) is 0 Å². The van der Waals surface area contributed by atoms with E-state index < -0.39 is 0 Å². The maximum absolute atomic E-state index is 5.44. The van der Waals surface area contributed by atoms with Gasteiger partial charge in [0.05, 0.1) is 11.2 Å². The topological polar surface area (TPSA) is 43.3 Å². The molecule has 2 heterocycles. The summed E-state index contributed by atoms with van der Waals surface area (Å²) < 4.78 is 1.82. The van der Waals surface area contributed by atoms with Crippen LogP contribution < -0.4 is 5.73 Å². The van der Waals surface area contributed by atoms with E-state index >= 15 is 0 Å². The van der Waals surface area contributed by atoms with Gasteiger partial charge in [0.15, 0.2) is 0 Å². The normalized spacial score (nSPS) is 9.75. The number of nitrogens with two attached hydrogens (primary N) is 1. The first-order valence-electron chi connectivity index (χ1n) is 3.53. The number of nitrogens with zero attached hydrogens (tertiary/aromatic N) is 2. The van der Waals surface area contributed by atoms with Gasteiger partial charge >= 0.3 is 0 Å². The Morgan fingerprint density at radius 2 is 2.25 bits per heavy atom. The molecule has 0 amide bonds. The molecule has 0 aliphatic carbocycles. The molecule has 0 unspecified atom stereocenters. The van der Waals surface area contributed by atoms with Crippen LogP contribution in [-0.2, 0) is 6.54 Å². The molecule has 0 atom stereocenters. The zero-order valence-corrected chi connectivity index (χ0v) is 7.29.